The van der Waals surface area contributed by atoms with Crippen molar-refractivity contribution >= 4 is 29.9 Å². The zero-order chi connectivity index (χ0) is 19.1. The SMILES string of the molecule is CCNC(=NCc1cccc(Cn2ccnc2)c1)NCc1nc(C)c(C)o1.I. The third-order valence-electron chi connectivity index (χ3n) is 4.16. The maximum atomic E-state index is 5.61. The Morgan fingerprint density at radius 3 is 2.71 bits per heavy atom. The van der Waals surface area contributed by atoms with Crippen molar-refractivity contribution in [3.8, 4) is 0 Å². The van der Waals surface area contributed by atoms with Gasteiger partial charge in [-0.15, -0.1) is 24.0 Å². The van der Waals surface area contributed by atoms with E-state index in [4.69, 9.17) is 4.42 Å². The molecule has 2 N–H and O–H groups in total. The van der Waals surface area contributed by atoms with Crippen LogP contribution in [0.5, 0.6) is 0 Å². The summed E-state index contributed by atoms with van der Waals surface area (Å²) in [6, 6.07) is 8.44. The normalized spacial score (nSPS) is 11.2. The lowest BCUT2D eigenvalue weighted by Crippen LogP contribution is -2.36. The number of nitrogens with one attached hydrogen (secondary N) is 2. The van der Waals surface area contributed by atoms with Gasteiger partial charge < -0.3 is 19.6 Å². The highest BCUT2D eigenvalue weighted by molar-refractivity contribution is 14.0. The molecule has 0 atom stereocenters. The molecule has 150 valence electrons. The van der Waals surface area contributed by atoms with Crippen LogP contribution < -0.4 is 10.6 Å². The number of halogens is 1. The van der Waals surface area contributed by atoms with Gasteiger partial charge in [-0.25, -0.2) is 15.0 Å². The summed E-state index contributed by atoms with van der Waals surface area (Å²) in [5.74, 6) is 2.26. The third-order valence-corrected chi connectivity index (χ3v) is 4.16. The number of aliphatic imine (C=N–C) groups is 1. The summed E-state index contributed by atoms with van der Waals surface area (Å²) < 4.78 is 7.66. The number of benzene rings is 1. The van der Waals surface area contributed by atoms with E-state index in [2.05, 4.69) is 49.9 Å². The Kier molecular flexibility index (Phi) is 8.49. The summed E-state index contributed by atoms with van der Waals surface area (Å²) in [7, 11) is 0. The molecule has 1 aromatic carbocycles. The number of hydrogen-bond acceptors (Lipinski definition) is 4. The predicted molar refractivity (Wildman–Crippen MR) is 121 cm³/mol. The van der Waals surface area contributed by atoms with Crippen LogP contribution in [0.3, 0.4) is 0 Å². The molecule has 0 bridgehead atoms. The number of aromatic nitrogens is 3. The quantitative estimate of drug-likeness (QED) is 0.299. The summed E-state index contributed by atoms with van der Waals surface area (Å²) in [4.78, 5) is 13.1. The molecular formula is C20H27IN6O. The molecule has 0 fully saturated rings. The lowest BCUT2D eigenvalue weighted by Gasteiger charge is -2.10. The first-order valence-electron chi connectivity index (χ1n) is 9.12. The van der Waals surface area contributed by atoms with Gasteiger partial charge in [0.1, 0.15) is 5.76 Å². The Morgan fingerprint density at radius 1 is 1.21 bits per heavy atom. The molecule has 0 radical (unpaired) electrons. The summed E-state index contributed by atoms with van der Waals surface area (Å²) in [6.45, 7) is 8.59. The number of guanidine groups is 1. The molecule has 0 spiro atoms. The molecule has 0 aliphatic rings. The van der Waals surface area contributed by atoms with E-state index in [0.29, 0.717) is 19.0 Å². The first-order chi connectivity index (χ1) is 13.1. The maximum Gasteiger partial charge on any atom is 0.214 e. The smallest absolute Gasteiger partial charge is 0.214 e. The Labute approximate surface area is 182 Å². The zero-order valence-electron chi connectivity index (χ0n) is 16.5. The van der Waals surface area contributed by atoms with Crippen LogP contribution in [0.15, 0.2) is 52.4 Å². The molecule has 0 aliphatic heterocycles. The number of nitrogens with zero attached hydrogens (tertiary/aromatic N) is 4. The monoisotopic (exact) mass is 494 g/mol. The van der Waals surface area contributed by atoms with Crippen LogP contribution in [0, 0.1) is 13.8 Å². The first-order valence-corrected chi connectivity index (χ1v) is 9.12. The van der Waals surface area contributed by atoms with Crippen molar-refractivity contribution in [1.29, 1.82) is 0 Å². The third kappa shape index (κ3) is 6.36. The van der Waals surface area contributed by atoms with Crippen molar-refractivity contribution in [2.24, 2.45) is 4.99 Å². The fourth-order valence-corrected chi connectivity index (χ4v) is 2.70. The van der Waals surface area contributed by atoms with Gasteiger partial charge in [-0.1, -0.05) is 24.3 Å². The zero-order valence-corrected chi connectivity index (χ0v) is 18.8. The van der Waals surface area contributed by atoms with E-state index >= 15 is 0 Å². The van der Waals surface area contributed by atoms with Crippen molar-refractivity contribution < 1.29 is 4.42 Å². The summed E-state index contributed by atoms with van der Waals surface area (Å²) >= 11 is 0. The van der Waals surface area contributed by atoms with Gasteiger partial charge in [0.15, 0.2) is 5.96 Å². The standard InChI is InChI=1S/C20H26N6O.HI/c1-4-22-20(24-12-19-25-15(2)16(3)27-19)23-11-17-6-5-7-18(10-17)13-26-9-8-21-14-26;/h5-10,14H,4,11-13H2,1-3H3,(H2,22,23,24);1H. The Hall–Kier alpha value is -2.36. The topological polar surface area (TPSA) is 80.3 Å². The molecular weight excluding hydrogens is 467 g/mol. The molecule has 0 unspecified atom stereocenters. The molecule has 0 amide bonds. The van der Waals surface area contributed by atoms with Crippen molar-refractivity contribution in [1.82, 2.24) is 25.2 Å². The van der Waals surface area contributed by atoms with Crippen LogP contribution in [-0.4, -0.2) is 27.0 Å². The first kappa shape index (κ1) is 21.9. The van der Waals surface area contributed by atoms with Gasteiger partial charge in [0.2, 0.25) is 5.89 Å². The number of aryl methyl sites for hydroxylation is 2. The van der Waals surface area contributed by atoms with Crippen LogP contribution in [0.1, 0.15) is 35.4 Å². The highest BCUT2D eigenvalue weighted by Gasteiger charge is 2.06. The van der Waals surface area contributed by atoms with Crippen molar-refractivity contribution in [2.75, 3.05) is 6.54 Å². The second kappa shape index (κ2) is 10.8. The van der Waals surface area contributed by atoms with Gasteiger partial charge >= 0.3 is 0 Å². The van der Waals surface area contributed by atoms with E-state index in [1.807, 2.05) is 37.9 Å². The number of imidazole rings is 1. The Balaban J connectivity index is 0.00000280. The van der Waals surface area contributed by atoms with Crippen molar-refractivity contribution in [3.05, 3.63) is 71.5 Å². The number of rotatable bonds is 7. The Bertz CT molecular complexity index is 869. The average Bonchev–Trinajstić information content (AvgIpc) is 3.28. The molecule has 0 saturated heterocycles. The van der Waals surface area contributed by atoms with Crippen LogP contribution in [0.4, 0.5) is 0 Å². The van der Waals surface area contributed by atoms with Crippen LogP contribution in [0.2, 0.25) is 0 Å². The molecule has 2 aromatic heterocycles. The molecule has 0 saturated carbocycles. The fraction of sp³-hybridized carbons (Fsp3) is 0.350. The van der Waals surface area contributed by atoms with Gasteiger partial charge in [-0.3, -0.25) is 0 Å². The van der Waals surface area contributed by atoms with Gasteiger partial charge in [-0.05, 0) is 31.9 Å². The molecule has 0 aliphatic carbocycles. The minimum atomic E-state index is 0. The minimum Gasteiger partial charge on any atom is -0.444 e. The molecule has 3 rings (SSSR count). The number of oxazole rings is 1. The van der Waals surface area contributed by atoms with E-state index in [1.54, 1.807) is 6.20 Å². The van der Waals surface area contributed by atoms with Crippen LogP contribution >= 0.6 is 24.0 Å². The molecule has 8 heteroatoms. The molecule has 7 nitrogen and oxygen atoms in total. The number of hydrogen-bond donors (Lipinski definition) is 2. The summed E-state index contributed by atoms with van der Waals surface area (Å²) in [5, 5.41) is 6.52. The van der Waals surface area contributed by atoms with Gasteiger partial charge in [-0.2, -0.15) is 0 Å². The molecule has 2 heterocycles. The minimum absolute atomic E-state index is 0. The molecule has 3 aromatic rings. The van der Waals surface area contributed by atoms with Crippen molar-refractivity contribution in [3.63, 3.8) is 0 Å². The summed E-state index contributed by atoms with van der Waals surface area (Å²) in [6.07, 6.45) is 5.58. The maximum absolute atomic E-state index is 5.61. The van der Waals surface area contributed by atoms with E-state index in [1.165, 1.54) is 5.56 Å². The van der Waals surface area contributed by atoms with E-state index in [0.717, 1.165) is 36.1 Å². The lowest BCUT2D eigenvalue weighted by molar-refractivity contribution is 0.463. The highest BCUT2D eigenvalue weighted by Crippen LogP contribution is 2.09. The lowest BCUT2D eigenvalue weighted by atomic mass is 10.1. The predicted octanol–water partition coefficient (Wildman–Crippen LogP) is 3.41. The van der Waals surface area contributed by atoms with Crippen molar-refractivity contribution in [2.45, 2.75) is 40.4 Å². The Morgan fingerprint density at radius 2 is 2.04 bits per heavy atom. The van der Waals surface area contributed by atoms with Crippen LogP contribution in [-0.2, 0) is 19.6 Å². The molecule has 28 heavy (non-hydrogen) atoms. The highest BCUT2D eigenvalue weighted by atomic mass is 127. The average molecular weight is 494 g/mol. The summed E-state index contributed by atoms with van der Waals surface area (Å²) in [5.41, 5.74) is 3.31. The van der Waals surface area contributed by atoms with Gasteiger partial charge in [0.05, 0.1) is 25.1 Å². The largest absolute Gasteiger partial charge is 0.444 e. The van der Waals surface area contributed by atoms with E-state index in [9.17, 15) is 0 Å². The van der Waals surface area contributed by atoms with E-state index < -0.39 is 0 Å². The van der Waals surface area contributed by atoms with Gasteiger partial charge in [0, 0.05) is 25.5 Å². The van der Waals surface area contributed by atoms with Crippen LogP contribution in [0.25, 0.3) is 0 Å². The van der Waals surface area contributed by atoms with Gasteiger partial charge in [0.25, 0.3) is 0 Å². The fourth-order valence-electron chi connectivity index (χ4n) is 2.70. The second-order valence-electron chi connectivity index (χ2n) is 6.35. The second-order valence-corrected chi connectivity index (χ2v) is 6.35. The van der Waals surface area contributed by atoms with E-state index in [-0.39, 0.29) is 24.0 Å².